The van der Waals surface area contributed by atoms with E-state index in [0.717, 1.165) is 76.2 Å². The predicted molar refractivity (Wildman–Crippen MR) is 92.4 cm³/mol. The van der Waals surface area contributed by atoms with Crippen molar-refractivity contribution in [2.45, 2.75) is 83.0 Å². The molecule has 1 aromatic carbocycles. The lowest BCUT2D eigenvalue weighted by atomic mass is 9.64. The highest BCUT2D eigenvalue weighted by atomic mass is 19.2. The fraction of sp³-hybridized carbons (Fsp3) is 0.619. The third kappa shape index (κ3) is 3.14. The van der Waals surface area contributed by atoms with Crippen LogP contribution in [0.4, 0.5) is 13.2 Å². The largest absolute Gasteiger partial charge is 0.204 e. The van der Waals surface area contributed by atoms with Gasteiger partial charge in [0, 0.05) is 5.56 Å². The summed E-state index contributed by atoms with van der Waals surface area (Å²) in [6.45, 7) is 2.09. The van der Waals surface area contributed by atoms with E-state index in [2.05, 4.69) is 13.0 Å². The molecule has 0 bridgehead atoms. The normalized spacial score (nSPS) is 20.8. The van der Waals surface area contributed by atoms with Gasteiger partial charge in [0.2, 0.25) is 0 Å². The summed E-state index contributed by atoms with van der Waals surface area (Å²) < 4.78 is 43.1. The van der Waals surface area contributed by atoms with E-state index in [1.54, 1.807) is 0 Å². The van der Waals surface area contributed by atoms with Crippen LogP contribution in [-0.4, -0.2) is 0 Å². The molecule has 1 saturated carbocycles. The van der Waals surface area contributed by atoms with Gasteiger partial charge in [-0.25, -0.2) is 13.2 Å². The zero-order valence-electron chi connectivity index (χ0n) is 14.6. The average Bonchev–Trinajstić information content (AvgIpc) is 2.61. The number of allylic oxidation sites excluding steroid dienone is 2. The molecule has 24 heavy (non-hydrogen) atoms. The summed E-state index contributed by atoms with van der Waals surface area (Å²) in [5.74, 6) is -3.29. The third-order valence-corrected chi connectivity index (χ3v) is 5.87. The zero-order valence-corrected chi connectivity index (χ0v) is 14.6. The van der Waals surface area contributed by atoms with Crippen LogP contribution in [0.1, 0.15) is 88.7 Å². The van der Waals surface area contributed by atoms with Crippen LogP contribution in [0.5, 0.6) is 0 Å². The Hall–Kier alpha value is -1.25. The molecule has 2 aliphatic carbocycles. The Bertz CT molecular complexity index is 619. The number of hydrogen-bond acceptors (Lipinski definition) is 0. The van der Waals surface area contributed by atoms with Crippen LogP contribution >= 0.6 is 0 Å². The topological polar surface area (TPSA) is 0 Å². The Morgan fingerprint density at radius 3 is 2.33 bits per heavy atom. The molecule has 1 fully saturated rings. The van der Waals surface area contributed by atoms with Crippen molar-refractivity contribution >= 4 is 5.57 Å². The molecular formula is C21H27F3. The van der Waals surface area contributed by atoms with Crippen LogP contribution in [-0.2, 0) is 5.41 Å². The molecule has 2 aliphatic rings. The van der Waals surface area contributed by atoms with Gasteiger partial charge in [0.1, 0.15) is 0 Å². The number of benzene rings is 1. The fourth-order valence-corrected chi connectivity index (χ4v) is 4.78. The molecule has 0 heterocycles. The molecule has 0 radical (unpaired) electrons. The SMILES string of the molecule is CCCC1(c2c(C3=CCCCC3)cc(F)c(F)c2F)CCCCC1. The van der Waals surface area contributed by atoms with Crippen LogP contribution in [0.3, 0.4) is 0 Å². The second-order valence-corrected chi connectivity index (χ2v) is 7.48. The van der Waals surface area contributed by atoms with Gasteiger partial charge in [0.25, 0.3) is 0 Å². The van der Waals surface area contributed by atoms with Gasteiger partial charge in [-0.15, -0.1) is 0 Å². The quantitative estimate of drug-likeness (QED) is 0.516. The summed E-state index contributed by atoms with van der Waals surface area (Å²) in [5.41, 5.74) is 1.78. The Morgan fingerprint density at radius 2 is 1.71 bits per heavy atom. The summed E-state index contributed by atoms with van der Waals surface area (Å²) in [6.07, 6.45) is 12.8. The predicted octanol–water partition coefficient (Wildman–Crippen LogP) is 7.06. The number of rotatable bonds is 4. The molecule has 0 atom stereocenters. The molecular weight excluding hydrogens is 309 g/mol. The monoisotopic (exact) mass is 336 g/mol. The molecule has 0 amide bonds. The van der Waals surface area contributed by atoms with Crippen molar-refractivity contribution in [1.29, 1.82) is 0 Å². The number of halogens is 3. The highest BCUT2D eigenvalue weighted by molar-refractivity contribution is 5.70. The molecule has 132 valence electrons. The summed E-state index contributed by atoms with van der Waals surface area (Å²) in [7, 11) is 0. The minimum Gasteiger partial charge on any atom is -0.204 e. The van der Waals surface area contributed by atoms with Crippen molar-refractivity contribution in [2.75, 3.05) is 0 Å². The van der Waals surface area contributed by atoms with Gasteiger partial charge < -0.3 is 0 Å². The Kier molecular flexibility index (Phi) is 5.36. The van der Waals surface area contributed by atoms with E-state index in [4.69, 9.17) is 0 Å². The van der Waals surface area contributed by atoms with Crippen LogP contribution in [0.25, 0.3) is 5.57 Å². The minimum atomic E-state index is -1.30. The lowest BCUT2D eigenvalue weighted by Gasteiger charge is -2.40. The van der Waals surface area contributed by atoms with Gasteiger partial charge in [-0.2, -0.15) is 0 Å². The maximum absolute atomic E-state index is 15.0. The van der Waals surface area contributed by atoms with E-state index < -0.39 is 17.5 Å². The molecule has 0 aromatic heterocycles. The Balaban J connectivity index is 2.20. The van der Waals surface area contributed by atoms with Gasteiger partial charge >= 0.3 is 0 Å². The fourth-order valence-electron chi connectivity index (χ4n) is 4.78. The first-order valence-corrected chi connectivity index (χ1v) is 9.46. The molecule has 0 nitrogen and oxygen atoms in total. The summed E-state index contributed by atoms with van der Waals surface area (Å²) in [4.78, 5) is 0. The van der Waals surface area contributed by atoms with Crippen LogP contribution in [0.2, 0.25) is 0 Å². The van der Waals surface area contributed by atoms with Crippen molar-refractivity contribution in [3.63, 3.8) is 0 Å². The minimum absolute atomic E-state index is 0.334. The van der Waals surface area contributed by atoms with Gasteiger partial charge in [0.05, 0.1) is 0 Å². The van der Waals surface area contributed by atoms with E-state index in [1.165, 1.54) is 6.07 Å². The molecule has 0 saturated heterocycles. The average molecular weight is 336 g/mol. The maximum atomic E-state index is 15.0. The zero-order chi connectivity index (χ0) is 17.2. The van der Waals surface area contributed by atoms with Crippen LogP contribution in [0, 0.1) is 17.5 Å². The highest BCUT2D eigenvalue weighted by Crippen LogP contribution is 2.48. The number of hydrogen-bond donors (Lipinski definition) is 0. The van der Waals surface area contributed by atoms with Gasteiger partial charge in [-0.1, -0.05) is 38.7 Å². The Labute approximate surface area is 143 Å². The highest BCUT2D eigenvalue weighted by Gasteiger charge is 2.39. The first-order chi connectivity index (χ1) is 11.6. The van der Waals surface area contributed by atoms with E-state index in [1.807, 2.05) is 0 Å². The molecule has 1 aromatic rings. The van der Waals surface area contributed by atoms with Gasteiger partial charge in [-0.05, 0) is 67.6 Å². The van der Waals surface area contributed by atoms with Gasteiger partial charge in [0.15, 0.2) is 17.5 Å². The lowest BCUT2D eigenvalue weighted by Crippen LogP contribution is -2.32. The summed E-state index contributed by atoms with van der Waals surface area (Å²) in [6, 6.07) is 1.26. The van der Waals surface area contributed by atoms with Gasteiger partial charge in [-0.3, -0.25) is 0 Å². The van der Waals surface area contributed by atoms with Crippen molar-refractivity contribution < 1.29 is 13.2 Å². The van der Waals surface area contributed by atoms with Crippen LogP contribution < -0.4 is 0 Å². The lowest BCUT2D eigenvalue weighted by molar-refractivity contribution is 0.258. The van der Waals surface area contributed by atoms with Crippen molar-refractivity contribution in [3.8, 4) is 0 Å². The molecule has 0 N–H and O–H groups in total. The Morgan fingerprint density at radius 1 is 0.958 bits per heavy atom. The standard InChI is InChI=1S/C21H27F3/c1-2-11-21(12-7-4-8-13-21)18-16(15-9-5-3-6-10-15)14-17(22)19(23)20(18)24/h9,14H,2-8,10-13H2,1H3. The molecule has 3 rings (SSSR count). The van der Waals surface area contributed by atoms with E-state index in [9.17, 15) is 13.2 Å². The smallest absolute Gasteiger partial charge is 0.194 e. The first kappa shape index (κ1) is 17.6. The van der Waals surface area contributed by atoms with E-state index in [0.29, 0.717) is 11.1 Å². The van der Waals surface area contributed by atoms with Crippen LogP contribution in [0.15, 0.2) is 12.1 Å². The summed E-state index contributed by atoms with van der Waals surface area (Å²) >= 11 is 0. The third-order valence-electron chi connectivity index (χ3n) is 5.87. The second kappa shape index (κ2) is 7.33. The van der Waals surface area contributed by atoms with E-state index in [-0.39, 0.29) is 5.41 Å². The first-order valence-electron chi connectivity index (χ1n) is 9.46. The maximum Gasteiger partial charge on any atom is 0.194 e. The molecule has 0 spiro atoms. The van der Waals surface area contributed by atoms with Crippen molar-refractivity contribution in [1.82, 2.24) is 0 Å². The molecule has 0 aliphatic heterocycles. The second-order valence-electron chi connectivity index (χ2n) is 7.48. The van der Waals surface area contributed by atoms with E-state index >= 15 is 0 Å². The van der Waals surface area contributed by atoms with Crippen molar-refractivity contribution in [2.24, 2.45) is 0 Å². The summed E-state index contributed by atoms with van der Waals surface area (Å²) in [5, 5.41) is 0. The van der Waals surface area contributed by atoms with Crippen molar-refractivity contribution in [3.05, 3.63) is 40.7 Å². The molecule has 0 unspecified atom stereocenters. The molecule has 3 heteroatoms.